The molecule has 0 unspecified atom stereocenters. The van der Waals surface area contributed by atoms with Gasteiger partial charge in [0.2, 0.25) is 0 Å². The fourth-order valence-electron chi connectivity index (χ4n) is 0.247. The van der Waals surface area contributed by atoms with E-state index in [1.54, 1.807) is 10.9 Å². The van der Waals surface area contributed by atoms with Crippen LogP contribution in [0.5, 0.6) is 0 Å². The zero-order chi connectivity index (χ0) is 6.57. The van der Waals surface area contributed by atoms with E-state index in [1.165, 1.54) is 0 Å². The molecular formula is C6H13N2+. The Kier molecular flexibility index (Phi) is 3.08. The molecule has 0 heterocycles. The highest BCUT2D eigenvalue weighted by Gasteiger charge is 1.90. The van der Waals surface area contributed by atoms with Crippen LogP contribution in [0.1, 0.15) is 13.8 Å². The van der Waals surface area contributed by atoms with Gasteiger partial charge < -0.3 is 0 Å². The molecule has 0 aromatic carbocycles. The molecule has 0 aliphatic carbocycles. The zero-order valence-electron chi connectivity index (χ0n) is 5.76. The molecule has 0 fully saturated rings. The molecule has 0 aromatic heterocycles. The third-order valence-corrected chi connectivity index (χ3v) is 0.562. The van der Waals surface area contributed by atoms with E-state index in [2.05, 4.69) is 11.7 Å². The highest BCUT2D eigenvalue weighted by atomic mass is 15.0. The van der Waals surface area contributed by atoms with E-state index >= 15 is 0 Å². The third-order valence-electron chi connectivity index (χ3n) is 0.562. The molecular weight excluding hydrogens is 100 g/mol. The van der Waals surface area contributed by atoms with Gasteiger partial charge in [-0.2, -0.15) is 0 Å². The van der Waals surface area contributed by atoms with Crippen molar-refractivity contribution in [2.45, 2.75) is 19.9 Å². The van der Waals surface area contributed by atoms with Gasteiger partial charge >= 0.3 is 0 Å². The lowest BCUT2D eigenvalue weighted by molar-refractivity contribution is -0.349. The summed E-state index contributed by atoms with van der Waals surface area (Å²) >= 11 is 0. The molecule has 0 amide bonds. The normalized spacial score (nSPS) is 11.0. The summed E-state index contributed by atoms with van der Waals surface area (Å²) in [4.78, 5) is 4.06. The van der Waals surface area contributed by atoms with E-state index in [-0.39, 0.29) is 0 Å². The van der Waals surface area contributed by atoms with Gasteiger partial charge in [-0.25, -0.2) is 4.58 Å². The molecule has 46 valence electrons. The third kappa shape index (κ3) is 5.34. The van der Waals surface area contributed by atoms with Gasteiger partial charge in [-0.05, 0) is 13.8 Å². The molecule has 0 aliphatic heterocycles. The Morgan fingerprint density at radius 2 is 2.12 bits per heavy atom. The minimum Gasteiger partial charge on any atom is -0.247 e. The molecule has 0 rings (SSSR count). The molecule has 0 N–H and O–H groups in total. The lowest BCUT2D eigenvalue weighted by Crippen LogP contribution is -2.00. The fourth-order valence-corrected chi connectivity index (χ4v) is 0.247. The van der Waals surface area contributed by atoms with E-state index in [1.807, 2.05) is 20.9 Å². The Balaban J connectivity index is 3.50. The van der Waals surface area contributed by atoms with E-state index in [9.17, 15) is 0 Å². The van der Waals surface area contributed by atoms with Crippen molar-refractivity contribution in [1.29, 1.82) is 0 Å². The summed E-state index contributed by atoms with van der Waals surface area (Å²) in [5.41, 5.74) is 0. The predicted octanol–water partition coefficient (Wildman–Crippen LogP) is 0.766. The topological polar surface area (TPSA) is 15.4 Å². The quantitative estimate of drug-likeness (QED) is 0.285. The van der Waals surface area contributed by atoms with Crippen LogP contribution in [0.2, 0.25) is 0 Å². The summed E-state index contributed by atoms with van der Waals surface area (Å²) in [5.74, 6) is 0. The molecule has 0 aromatic rings. The maximum Gasteiger partial charge on any atom is 0.279 e. The molecule has 8 heavy (non-hydrogen) atoms. The van der Waals surface area contributed by atoms with Crippen molar-refractivity contribution in [3.8, 4) is 0 Å². The van der Waals surface area contributed by atoms with E-state index in [0.717, 1.165) is 0 Å². The van der Waals surface area contributed by atoms with Crippen LogP contribution in [0.3, 0.4) is 0 Å². The van der Waals surface area contributed by atoms with Gasteiger partial charge in [-0.1, -0.05) is 4.99 Å². The lowest BCUT2D eigenvalue weighted by Gasteiger charge is -1.83. The zero-order valence-corrected chi connectivity index (χ0v) is 5.76. The lowest BCUT2D eigenvalue weighted by atomic mass is 10.4. The minimum atomic E-state index is 0.374. The summed E-state index contributed by atoms with van der Waals surface area (Å²) in [7, 11) is 1.85. The average molecular weight is 113 g/mol. The second-order valence-corrected chi connectivity index (χ2v) is 2.12. The van der Waals surface area contributed by atoms with E-state index in [4.69, 9.17) is 0 Å². The molecule has 2 nitrogen and oxygen atoms in total. The van der Waals surface area contributed by atoms with Crippen LogP contribution in [0, 0.1) is 0 Å². The van der Waals surface area contributed by atoms with Gasteiger partial charge in [0, 0.05) is 0 Å². The van der Waals surface area contributed by atoms with Gasteiger partial charge in [-0.15, -0.1) is 0 Å². The highest BCUT2D eigenvalue weighted by Crippen LogP contribution is 1.80. The summed E-state index contributed by atoms with van der Waals surface area (Å²) in [6.45, 7) is 7.65. The smallest absolute Gasteiger partial charge is 0.247 e. The Morgan fingerprint density at radius 1 is 1.62 bits per heavy atom. The van der Waals surface area contributed by atoms with E-state index < -0.39 is 0 Å². The van der Waals surface area contributed by atoms with Gasteiger partial charge in [0.05, 0.1) is 13.8 Å². The van der Waals surface area contributed by atoms with Gasteiger partial charge in [-0.3, -0.25) is 0 Å². The van der Waals surface area contributed by atoms with Gasteiger partial charge in [0.1, 0.15) is 6.04 Å². The van der Waals surface area contributed by atoms with Crippen molar-refractivity contribution in [3.63, 3.8) is 0 Å². The molecule has 2 heteroatoms. The van der Waals surface area contributed by atoms with Crippen molar-refractivity contribution >= 4 is 13.1 Å². The largest absolute Gasteiger partial charge is 0.279 e. The number of hydrogen-bond acceptors (Lipinski definition) is 1. The first kappa shape index (κ1) is 7.34. The second-order valence-electron chi connectivity index (χ2n) is 2.12. The van der Waals surface area contributed by atoms with Gasteiger partial charge in [0.15, 0.2) is 0 Å². The highest BCUT2D eigenvalue weighted by molar-refractivity contribution is 5.47. The first-order chi connectivity index (χ1) is 3.63. The maximum absolute atomic E-state index is 4.06. The molecule has 0 radical (unpaired) electrons. The average Bonchev–Trinajstić information content (AvgIpc) is 1.61. The van der Waals surface area contributed by atoms with Crippen molar-refractivity contribution < 1.29 is 4.58 Å². The van der Waals surface area contributed by atoms with Crippen molar-refractivity contribution in [2.24, 2.45) is 4.99 Å². The SMILES string of the molecule is C=[N+](C)/C=N\C(C)C. The monoisotopic (exact) mass is 113 g/mol. The van der Waals surface area contributed by atoms with Crippen LogP contribution in [-0.2, 0) is 0 Å². The first-order valence-electron chi connectivity index (χ1n) is 2.69. The van der Waals surface area contributed by atoms with E-state index in [0.29, 0.717) is 6.04 Å². The summed E-state index contributed by atoms with van der Waals surface area (Å²) in [6.07, 6.45) is 1.71. The number of nitrogens with zero attached hydrogens (tertiary/aromatic N) is 2. The van der Waals surface area contributed by atoms with Crippen molar-refractivity contribution in [3.05, 3.63) is 0 Å². The molecule has 0 spiro atoms. The van der Waals surface area contributed by atoms with Crippen LogP contribution in [-0.4, -0.2) is 30.7 Å². The van der Waals surface area contributed by atoms with Crippen LogP contribution < -0.4 is 0 Å². The van der Waals surface area contributed by atoms with Crippen LogP contribution >= 0.6 is 0 Å². The minimum absolute atomic E-state index is 0.374. The summed E-state index contributed by atoms with van der Waals surface area (Å²) in [5, 5.41) is 0. The predicted molar refractivity (Wildman–Crippen MR) is 36.9 cm³/mol. The molecule has 0 bridgehead atoms. The maximum atomic E-state index is 4.06. The molecule has 0 saturated heterocycles. The molecule has 0 aliphatic rings. The Labute approximate surface area is 50.6 Å². The fraction of sp³-hybridized carbons (Fsp3) is 0.667. The van der Waals surface area contributed by atoms with Crippen molar-refractivity contribution in [2.75, 3.05) is 7.05 Å². The van der Waals surface area contributed by atoms with Crippen molar-refractivity contribution in [1.82, 2.24) is 0 Å². The summed E-state index contributed by atoms with van der Waals surface area (Å²) in [6, 6.07) is 0.374. The van der Waals surface area contributed by atoms with Crippen LogP contribution in [0.15, 0.2) is 4.99 Å². The Morgan fingerprint density at radius 3 is 2.25 bits per heavy atom. The number of hydrogen-bond donors (Lipinski definition) is 0. The second kappa shape index (κ2) is 3.36. The Hall–Kier alpha value is -0.660. The van der Waals surface area contributed by atoms with Gasteiger partial charge in [0.25, 0.3) is 6.34 Å². The molecule has 0 atom stereocenters. The standard InChI is InChI=1S/C6H13N2/c1-6(2)7-5-8(3)4/h5-6H,3H2,1-2,4H3/q+1/b7-5-. The number of aliphatic imine (C=N–C) groups is 1. The number of rotatable bonds is 2. The molecule has 0 saturated carbocycles. The van der Waals surface area contributed by atoms with Crippen LogP contribution in [0.25, 0.3) is 0 Å². The Bertz CT molecular complexity index is 103. The summed E-state index contributed by atoms with van der Waals surface area (Å²) < 4.78 is 1.68. The first-order valence-corrected chi connectivity index (χ1v) is 2.69. The van der Waals surface area contributed by atoms with Crippen LogP contribution in [0.4, 0.5) is 0 Å².